The van der Waals surface area contributed by atoms with E-state index in [0.717, 1.165) is 25.7 Å². The zero-order chi connectivity index (χ0) is 11.9. The highest BCUT2D eigenvalue weighted by Crippen LogP contribution is 2.23. The van der Waals surface area contributed by atoms with E-state index in [-0.39, 0.29) is 0 Å². The summed E-state index contributed by atoms with van der Waals surface area (Å²) >= 11 is 2.05. The van der Waals surface area contributed by atoms with Gasteiger partial charge in [0, 0.05) is 18.3 Å². The summed E-state index contributed by atoms with van der Waals surface area (Å²) in [6.07, 6.45) is 0. The Kier molecular flexibility index (Phi) is 5.36. The SMILES string of the molecule is CC1CSCC1NCCOCc1ccccc1. The molecule has 1 aromatic carbocycles. The molecule has 2 atom stereocenters. The number of hydrogen-bond acceptors (Lipinski definition) is 3. The van der Waals surface area contributed by atoms with Gasteiger partial charge in [-0.1, -0.05) is 37.3 Å². The van der Waals surface area contributed by atoms with Gasteiger partial charge in [0.25, 0.3) is 0 Å². The first-order valence-electron chi connectivity index (χ1n) is 6.29. The molecule has 2 nitrogen and oxygen atoms in total. The molecule has 1 aromatic rings. The molecular formula is C14H21NOS. The Morgan fingerprint density at radius 2 is 2.12 bits per heavy atom. The average Bonchev–Trinajstić information content (AvgIpc) is 2.76. The number of hydrogen-bond donors (Lipinski definition) is 1. The highest BCUT2D eigenvalue weighted by Gasteiger charge is 2.22. The minimum atomic E-state index is 0.681. The topological polar surface area (TPSA) is 21.3 Å². The first kappa shape index (κ1) is 12.9. The lowest BCUT2D eigenvalue weighted by Crippen LogP contribution is -2.36. The van der Waals surface area contributed by atoms with Crippen molar-refractivity contribution in [2.24, 2.45) is 5.92 Å². The molecule has 1 fully saturated rings. The molecule has 1 saturated heterocycles. The van der Waals surface area contributed by atoms with E-state index in [1.165, 1.54) is 17.1 Å². The van der Waals surface area contributed by atoms with Crippen LogP contribution in [0.5, 0.6) is 0 Å². The molecule has 94 valence electrons. The summed E-state index contributed by atoms with van der Waals surface area (Å²) in [6.45, 7) is 4.80. The summed E-state index contributed by atoms with van der Waals surface area (Å²) in [5.74, 6) is 3.34. The largest absolute Gasteiger partial charge is 0.375 e. The van der Waals surface area contributed by atoms with Crippen molar-refractivity contribution in [3.63, 3.8) is 0 Å². The van der Waals surface area contributed by atoms with Crippen molar-refractivity contribution in [3.8, 4) is 0 Å². The van der Waals surface area contributed by atoms with Crippen LogP contribution in [-0.2, 0) is 11.3 Å². The first-order chi connectivity index (χ1) is 8.36. The zero-order valence-electron chi connectivity index (χ0n) is 10.4. The fourth-order valence-electron chi connectivity index (χ4n) is 2.00. The number of nitrogens with one attached hydrogen (secondary N) is 1. The predicted octanol–water partition coefficient (Wildman–Crippen LogP) is 2.54. The smallest absolute Gasteiger partial charge is 0.0717 e. The van der Waals surface area contributed by atoms with Crippen LogP contribution in [0.2, 0.25) is 0 Å². The Morgan fingerprint density at radius 1 is 1.29 bits per heavy atom. The molecule has 1 aliphatic rings. The quantitative estimate of drug-likeness (QED) is 0.785. The third-order valence-electron chi connectivity index (χ3n) is 3.13. The van der Waals surface area contributed by atoms with E-state index in [2.05, 4.69) is 24.4 Å². The minimum absolute atomic E-state index is 0.681. The second kappa shape index (κ2) is 7.04. The molecule has 0 bridgehead atoms. The summed E-state index contributed by atoms with van der Waals surface area (Å²) < 4.78 is 5.65. The lowest BCUT2D eigenvalue weighted by Gasteiger charge is -2.16. The fourth-order valence-corrected chi connectivity index (χ4v) is 3.44. The van der Waals surface area contributed by atoms with E-state index in [1.54, 1.807) is 0 Å². The Labute approximate surface area is 108 Å². The summed E-state index contributed by atoms with van der Waals surface area (Å²) in [7, 11) is 0. The van der Waals surface area contributed by atoms with Crippen LogP contribution in [-0.4, -0.2) is 30.7 Å². The van der Waals surface area contributed by atoms with Crippen molar-refractivity contribution in [2.45, 2.75) is 19.6 Å². The average molecular weight is 251 g/mol. The molecule has 17 heavy (non-hydrogen) atoms. The van der Waals surface area contributed by atoms with Gasteiger partial charge in [-0.3, -0.25) is 0 Å². The summed E-state index contributed by atoms with van der Waals surface area (Å²) in [5.41, 5.74) is 1.25. The molecule has 2 unspecified atom stereocenters. The van der Waals surface area contributed by atoms with E-state index in [4.69, 9.17) is 4.74 Å². The van der Waals surface area contributed by atoms with E-state index < -0.39 is 0 Å². The second-order valence-corrected chi connectivity index (χ2v) is 5.69. The molecule has 0 aliphatic carbocycles. The van der Waals surface area contributed by atoms with Crippen LogP contribution in [0.4, 0.5) is 0 Å². The molecule has 1 aliphatic heterocycles. The lowest BCUT2D eigenvalue weighted by molar-refractivity contribution is 0.120. The Balaban J connectivity index is 1.55. The van der Waals surface area contributed by atoms with E-state index >= 15 is 0 Å². The van der Waals surface area contributed by atoms with Gasteiger partial charge in [0.05, 0.1) is 13.2 Å². The fraction of sp³-hybridized carbons (Fsp3) is 0.571. The van der Waals surface area contributed by atoms with Gasteiger partial charge in [-0.2, -0.15) is 11.8 Å². The van der Waals surface area contributed by atoms with Gasteiger partial charge in [-0.05, 0) is 17.2 Å². The normalized spacial score (nSPS) is 24.1. The minimum Gasteiger partial charge on any atom is -0.375 e. The third kappa shape index (κ3) is 4.34. The molecule has 3 heteroatoms. The molecule has 0 saturated carbocycles. The molecule has 0 amide bonds. The second-order valence-electron chi connectivity index (χ2n) is 4.61. The molecule has 1 N–H and O–H groups in total. The maximum Gasteiger partial charge on any atom is 0.0717 e. The van der Waals surface area contributed by atoms with E-state index in [1.807, 2.05) is 30.0 Å². The van der Waals surface area contributed by atoms with Gasteiger partial charge >= 0.3 is 0 Å². The van der Waals surface area contributed by atoms with Gasteiger partial charge in [-0.15, -0.1) is 0 Å². The maximum atomic E-state index is 5.65. The van der Waals surface area contributed by atoms with Crippen molar-refractivity contribution in [3.05, 3.63) is 35.9 Å². The molecule has 0 spiro atoms. The van der Waals surface area contributed by atoms with Gasteiger partial charge in [0.1, 0.15) is 0 Å². The Morgan fingerprint density at radius 3 is 2.82 bits per heavy atom. The van der Waals surface area contributed by atoms with Gasteiger partial charge in [-0.25, -0.2) is 0 Å². The Bertz CT molecular complexity index is 317. The zero-order valence-corrected chi connectivity index (χ0v) is 11.2. The van der Waals surface area contributed by atoms with Crippen molar-refractivity contribution in [2.75, 3.05) is 24.7 Å². The van der Waals surface area contributed by atoms with Crippen molar-refractivity contribution >= 4 is 11.8 Å². The monoisotopic (exact) mass is 251 g/mol. The molecule has 0 radical (unpaired) electrons. The highest BCUT2D eigenvalue weighted by atomic mass is 32.2. The van der Waals surface area contributed by atoms with Crippen LogP contribution in [0.25, 0.3) is 0 Å². The lowest BCUT2D eigenvalue weighted by atomic mass is 10.1. The van der Waals surface area contributed by atoms with Crippen molar-refractivity contribution in [1.29, 1.82) is 0 Å². The summed E-state index contributed by atoms with van der Waals surface area (Å²) in [6, 6.07) is 11.0. The number of ether oxygens (including phenoxy) is 1. The number of rotatable bonds is 6. The standard InChI is InChI=1S/C14H21NOS/c1-12-10-17-11-14(12)15-7-8-16-9-13-5-3-2-4-6-13/h2-6,12,14-15H,7-11H2,1H3. The Hall–Kier alpha value is -0.510. The van der Waals surface area contributed by atoms with Gasteiger partial charge in [0.15, 0.2) is 0 Å². The van der Waals surface area contributed by atoms with Crippen molar-refractivity contribution < 1.29 is 4.74 Å². The van der Waals surface area contributed by atoms with E-state index in [0.29, 0.717) is 6.04 Å². The van der Waals surface area contributed by atoms with Crippen LogP contribution in [0.3, 0.4) is 0 Å². The third-order valence-corrected chi connectivity index (χ3v) is 4.49. The van der Waals surface area contributed by atoms with Crippen LogP contribution in [0.1, 0.15) is 12.5 Å². The van der Waals surface area contributed by atoms with Crippen molar-refractivity contribution in [1.82, 2.24) is 5.32 Å². The predicted molar refractivity (Wildman–Crippen MR) is 74.4 cm³/mol. The van der Waals surface area contributed by atoms with Crippen LogP contribution < -0.4 is 5.32 Å². The van der Waals surface area contributed by atoms with Crippen LogP contribution in [0, 0.1) is 5.92 Å². The van der Waals surface area contributed by atoms with Gasteiger partial charge < -0.3 is 10.1 Å². The van der Waals surface area contributed by atoms with E-state index in [9.17, 15) is 0 Å². The van der Waals surface area contributed by atoms with Crippen LogP contribution >= 0.6 is 11.8 Å². The number of thioether (sulfide) groups is 1. The number of benzene rings is 1. The molecule has 0 aromatic heterocycles. The molecular weight excluding hydrogens is 230 g/mol. The molecule has 1 heterocycles. The summed E-state index contributed by atoms with van der Waals surface area (Å²) in [4.78, 5) is 0. The summed E-state index contributed by atoms with van der Waals surface area (Å²) in [5, 5.41) is 3.57. The first-order valence-corrected chi connectivity index (χ1v) is 7.44. The van der Waals surface area contributed by atoms with Gasteiger partial charge in [0.2, 0.25) is 0 Å². The maximum absolute atomic E-state index is 5.65. The molecule has 2 rings (SSSR count). The highest BCUT2D eigenvalue weighted by molar-refractivity contribution is 7.99. The van der Waals surface area contributed by atoms with Crippen LogP contribution in [0.15, 0.2) is 30.3 Å².